The summed E-state index contributed by atoms with van der Waals surface area (Å²) in [6.45, 7) is 5.71. The zero-order chi connectivity index (χ0) is 15.8. The van der Waals surface area contributed by atoms with E-state index in [2.05, 4.69) is 51.1 Å². The maximum Gasteiger partial charge on any atom is 0.226 e. The van der Waals surface area contributed by atoms with Gasteiger partial charge in [-0.2, -0.15) is 4.98 Å². The first-order chi connectivity index (χ1) is 10.7. The second kappa shape index (κ2) is 10.6. The molecule has 0 bridgehead atoms. The van der Waals surface area contributed by atoms with E-state index in [1.165, 1.54) is 4.88 Å². The lowest BCUT2D eigenvalue weighted by Gasteiger charge is -2.10. The normalized spacial score (nSPS) is 11.4. The van der Waals surface area contributed by atoms with Crippen LogP contribution in [0.15, 0.2) is 27.0 Å². The molecule has 23 heavy (non-hydrogen) atoms. The van der Waals surface area contributed by atoms with Gasteiger partial charge in [-0.15, -0.1) is 35.3 Å². The smallest absolute Gasteiger partial charge is 0.226 e. The Kier molecular flexibility index (Phi) is 9.15. The molecule has 2 N–H and O–H groups in total. The van der Waals surface area contributed by atoms with Gasteiger partial charge in [0.1, 0.15) is 0 Å². The monoisotopic (exact) mass is 449 g/mol. The Morgan fingerprint density at radius 3 is 2.83 bits per heavy atom. The van der Waals surface area contributed by atoms with Crippen molar-refractivity contribution in [3.63, 3.8) is 0 Å². The van der Waals surface area contributed by atoms with Gasteiger partial charge >= 0.3 is 0 Å². The number of nitrogens with one attached hydrogen (secondary N) is 2. The summed E-state index contributed by atoms with van der Waals surface area (Å²) in [6, 6.07) is 4.15. The zero-order valence-corrected chi connectivity index (χ0v) is 16.9. The van der Waals surface area contributed by atoms with Crippen molar-refractivity contribution in [1.82, 2.24) is 20.8 Å². The van der Waals surface area contributed by atoms with Gasteiger partial charge in [0, 0.05) is 30.8 Å². The van der Waals surface area contributed by atoms with E-state index in [1.54, 1.807) is 18.4 Å². The first-order valence-electron chi connectivity index (χ1n) is 7.48. The van der Waals surface area contributed by atoms with E-state index in [0.29, 0.717) is 11.8 Å². The Balaban J connectivity index is 0.00000264. The van der Waals surface area contributed by atoms with Crippen LogP contribution in [0.2, 0.25) is 0 Å². The fourth-order valence-corrected chi connectivity index (χ4v) is 2.50. The number of rotatable bonds is 7. The average molecular weight is 449 g/mol. The Hall–Kier alpha value is -1.16. The number of aromatic nitrogens is 2. The molecule has 2 aromatic rings. The second-order valence-electron chi connectivity index (χ2n) is 5.24. The summed E-state index contributed by atoms with van der Waals surface area (Å²) in [6.07, 6.45) is 1.69. The van der Waals surface area contributed by atoms with E-state index in [0.717, 1.165) is 37.7 Å². The molecule has 0 spiro atoms. The van der Waals surface area contributed by atoms with Crippen LogP contribution < -0.4 is 10.6 Å². The molecule has 0 unspecified atom stereocenters. The van der Waals surface area contributed by atoms with E-state index in [1.807, 2.05) is 6.07 Å². The molecule has 0 aromatic carbocycles. The molecule has 0 aliphatic rings. The van der Waals surface area contributed by atoms with Crippen molar-refractivity contribution in [1.29, 1.82) is 0 Å². The number of nitrogens with zero attached hydrogens (tertiary/aromatic N) is 3. The lowest BCUT2D eigenvalue weighted by molar-refractivity contribution is 0.368. The molecule has 0 fully saturated rings. The maximum absolute atomic E-state index is 5.22. The molecule has 2 heterocycles. The van der Waals surface area contributed by atoms with Crippen LogP contribution in [0.25, 0.3) is 0 Å². The van der Waals surface area contributed by atoms with Gasteiger partial charge in [-0.3, -0.25) is 4.99 Å². The number of guanidine groups is 1. The fourth-order valence-electron chi connectivity index (χ4n) is 1.86. The van der Waals surface area contributed by atoms with Crippen molar-refractivity contribution in [3.05, 3.63) is 34.1 Å². The summed E-state index contributed by atoms with van der Waals surface area (Å²) in [4.78, 5) is 9.86. The summed E-state index contributed by atoms with van der Waals surface area (Å²) in [5.74, 6) is 2.58. The molecule has 2 rings (SSSR count). The number of hydrogen-bond donors (Lipinski definition) is 2. The van der Waals surface area contributed by atoms with Gasteiger partial charge in [0.05, 0.1) is 6.54 Å². The van der Waals surface area contributed by atoms with Gasteiger partial charge in [-0.25, -0.2) is 0 Å². The van der Waals surface area contributed by atoms with Crippen molar-refractivity contribution in [2.75, 3.05) is 13.6 Å². The second-order valence-corrected chi connectivity index (χ2v) is 6.27. The van der Waals surface area contributed by atoms with E-state index in [9.17, 15) is 0 Å². The van der Waals surface area contributed by atoms with E-state index < -0.39 is 0 Å². The van der Waals surface area contributed by atoms with Crippen molar-refractivity contribution in [3.8, 4) is 0 Å². The molecule has 0 aliphatic carbocycles. The van der Waals surface area contributed by atoms with Crippen LogP contribution in [-0.4, -0.2) is 29.7 Å². The molecule has 128 valence electrons. The highest BCUT2D eigenvalue weighted by atomic mass is 127. The molecule has 0 radical (unpaired) electrons. The van der Waals surface area contributed by atoms with Crippen LogP contribution >= 0.6 is 35.3 Å². The third-order valence-electron chi connectivity index (χ3n) is 3.09. The van der Waals surface area contributed by atoms with Gasteiger partial charge < -0.3 is 15.2 Å². The van der Waals surface area contributed by atoms with Gasteiger partial charge in [0.15, 0.2) is 11.8 Å². The highest BCUT2D eigenvalue weighted by Crippen LogP contribution is 2.10. The first kappa shape index (κ1) is 19.9. The number of thiophene rings is 1. The average Bonchev–Trinajstić information content (AvgIpc) is 3.18. The molecular weight excluding hydrogens is 425 g/mol. The van der Waals surface area contributed by atoms with Crippen LogP contribution in [0, 0.1) is 0 Å². The van der Waals surface area contributed by atoms with E-state index in [-0.39, 0.29) is 24.0 Å². The Labute approximate surface area is 158 Å². The quantitative estimate of drug-likeness (QED) is 0.294. The highest BCUT2D eigenvalue weighted by molar-refractivity contribution is 14.0. The zero-order valence-electron chi connectivity index (χ0n) is 13.7. The largest absolute Gasteiger partial charge is 0.356 e. The van der Waals surface area contributed by atoms with Gasteiger partial charge in [0.2, 0.25) is 5.89 Å². The molecule has 2 aromatic heterocycles. The van der Waals surface area contributed by atoms with E-state index in [4.69, 9.17) is 4.52 Å². The minimum atomic E-state index is 0. The molecule has 0 aliphatic heterocycles. The summed E-state index contributed by atoms with van der Waals surface area (Å²) < 4.78 is 5.22. The Morgan fingerprint density at radius 1 is 1.39 bits per heavy atom. The summed E-state index contributed by atoms with van der Waals surface area (Å²) in [5, 5.41) is 12.6. The molecule has 0 saturated heterocycles. The fraction of sp³-hybridized carbons (Fsp3) is 0.533. The third kappa shape index (κ3) is 6.86. The lowest BCUT2D eigenvalue weighted by atomic mass is 10.2. The molecule has 8 heteroatoms. The Bertz CT molecular complexity index is 582. The number of halogens is 1. The number of hydrogen-bond acceptors (Lipinski definition) is 5. The predicted octanol–water partition coefficient (Wildman–Crippen LogP) is 3.17. The predicted molar refractivity (Wildman–Crippen MR) is 105 cm³/mol. The van der Waals surface area contributed by atoms with Crippen LogP contribution in [0.1, 0.15) is 42.8 Å². The minimum absolute atomic E-state index is 0. The molecular formula is C15H24IN5OS. The summed E-state index contributed by atoms with van der Waals surface area (Å²) >= 11 is 1.73. The maximum atomic E-state index is 5.22. The van der Waals surface area contributed by atoms with Gasteiger partial charge in [-0.1, -0.05) is 25.1 Å². The lowest BCUT2D eigenvalue weighted by Crippen LogP contribution is -2.37. The van der Waals surface area contributed by atoms with Crippen molar-refractivity contribution in [2.45, 2.75) is 39.2 Å². The molecule has 0 amide bonds. The molecule has 6 nitrogen and oxygen atoms in total. The van der Waals surface area contributed by atoms with Gasteiger partial charge in [-0.05, 0) is 17.9 Å². The minimum Gasteiger partial charge on any atom is -0.356 e. The van der Waals surface area contributed by atoms with Gasteiger partial charge in [0.25, 0.3) is 0 Å². The third-order valence-corrected chi connectivity index (χ3v) is 3.97. The van der Waals surface area contributed by atoms with Crippen molar-refractivity contribution < 1.29 is 4.52 Å². The summed E-state index contributed by atoms with van der Waals surface area (Å²) in [5.41, 5.74) is 0. The Morgan fingerprint density at radius 2 is 2.22 bits per heavy atom. The number of aliphatic imine (C=N–C) groups is 1. The first-order valence-corrected chi connectivity index (χ1v) is 8.36. The number of aryl methyl sites for hydroxylation is 1. The standard InChI is InChI=1S/C15H23N5OS.HI/c1-11(2)14-19-13(21-20-14)7-4-8-17-15(16-3)18-10-12-6-5-9-22-12;/h5-6,9,11H,4,7-8,10H2,1-3H3,(H2,16,17,18);1H. The topological polar surface area (TPSA) is 75.3 Å². The van der Waals surface area contributed by atoms with E-state index >= 15 is 0 Å². The van der Waals surface area contributed by atoms with Crippen LogP contribution in [0.3, 0.4) is 0 Å². The van der Waals surface area contributed by atoms with Crippen molar-refractivity contribution >= 4 is 41.3 Å². The van der Waals surface area contributed by atoms with Crippen LogP contribution in [-0.2, 0) is 13.0 Å². The molecule has 0 saturated carbocycles. The highest BCUT2D eigenvalue weighted by Gasteiger charge is 2.09. The van der Waals surface area contributed by atoms with Crippen LogP contribution in [0.4, 0.5) is 0 Å². The van der Waals surface area contributed by atoms with Crippen molar-refractivity contribution in [2.24, 2.45) is 4.99 Å². The van der Waals surface area contributed by atoms with Crippen LogP contribution in [0.5, 0.6) is 0 Å². The summed E-state index contributed by atoms with van der Waals surface area (Å²) in [7, 11) is 1.77. The SMILES string of the molecule is CN=C(NCCCc1nc(C(C)C)no1)NCc1cccs1.I. The molecule has 0 atom stereocenters.